The molecule has 0 bridgehead atoms. The van der Waals surface area contributed by atoms with E-state index in [0.29, 0.717) is 17.7 Å². The molecule has 2 aromatic rings. The summed E-state index contributed by atoms with van der Waals surface area (Å²) in [5.41, 5.74) is 0.960. The standard InChI is InChI=1S/C16H13FN2O2/c17-15-10-14(7-6-12(15)4-1-2-9-20)19-16(21)13-5-3-8-18-11-13/h3,5-8,10-11,20H,2,9H2,(H,19,21). The van der Waals surface area contributed by atoms with Crippen LogP contribution in [0.3, 0.4) is 0 Å². The number of rotatable bonds is 3. The number of aliphatic hydroxyl groups excluding tert-OH is 1. The lowest BCUT2D eigenvalue weighted by molar-refractivity contribution is 0.102. The average Bonchev–Trinajstić information content (AvgIpc) is 2.50. The quantitative estimate of drug-likeness (QED) is 0.849. The molecule has 1 amide bonds. The number of aromatic nitrogens is 1. The van der Waals surface area contributed by atoms with Crippen molar-refractivity contribution in [1.82, 2.24) is 4.98 Å². The highest BCUT2D eigenvalue weighted by Gasteiger charge is 2.07. The maximum Gasteiger partial charge on any atom is 0.257 e. The van der Waals surface area contributed by atoms with E-state index in [-0.39, 0.29) is 18.1 Å². The van der Waals surface area contributed by atoms with Crippen molar-refractivity contribution in [3.63, 3.8) is 0 Å². The van der Waals surface area contributed by atoms with Gasteiger partial charge in [-0.3, -0.25) is 9.78 Å². The van der Waals surface area contributed by atoms with Gasteiger partial charge in [0, 0.05) is 24.5 Å². The molecule has 1 aromatic heterocycles. The maximum atomic E-state index is 13.8. The van der Waals surface area contributed by atoms with Crippen LogP contribution in [0, 0.1) is 17.7 Å². The fraction of sp³-hybridized carbons (Fsp3) is 0.125. The second-order valence-electron chi connectivity index (χ2n) is 4.17. The van der Waals surface area contributed by atoms with Gasteiger partial charge in [-0.1, -0.05) is 11.8 Å². The van der Waals surface area contributed by atoms with E-state index in [0.717, 1.165) is 0 Å². The lowest BCUT2D eigenvalue weighted by Crippen LogP contribution is -2.12. The summed E-state index contributed by atoms with van der Waals surface area (Å²) < 4.78 is 13.8. The van der Waals surface area contributed by atoms with Gasteiger partial charge in [0.25, 0.3) is 5.91 Å². The first kappa shape index (κ1) is 14.7. The highest BCUT2D eigenvalue weighted by Crippen LogP contribution is 2.14. The van der Waals surface area contributed by atoms with Gasteiger partial charge < -0.3 is 10.4 Å². The van der Waals surface area contributed by atoms with Gasteiger partial charge in [-0.05, 0) is 30.3 Å². The molecule has 0 radical (unpaired) electrons. The molecule has 0 unspecified atom stereocenters. The zero-order valence-corrected chi connectivity index (χ0v) is 11.1. The summed E-state index contributed by atoms with van der Waals surface area (Å²) in [7, 11) is 0. The predicted octanol–water partition coefficient (Wildman–Crippen LogP) is 2.21. The van der Waals surface area contributed by atoms with E-state index < -0.39 is 5.82 Å². The van der Waals surface area contributed by atoms with Crippen molar-refractivity contribution < 1.29 is 14.3 Å². The Balaban J connectivity index is 2.11. The molecule has 4 nitrogen and oxygen atoms in total. The fourth-order valence-electron chi connectivity index (χ4n) is 1.61. The number of anilines is 1. The summed E-state index contributed by atoms with van der Waals surface area (Å²) >= 11 is 0. The van der Waals surface area contributed by atoms with Crippen molar-refractivity contribution in [2.24, 2.45) is 0 Å². The first-order chi connectivity index (χ1) is 10.2. The van der Waals surface area contributed by atoms with Gasteiger partial charge in [-0.15, -0.1) is 0 Å². The number of carbonyl (C=O) groups is 1. The van der Waals surface area contributed by atoms with E-state index in [9.17, 15) is 9.18 Å². The lowest BCUT2D eigenvalue weighted by Gasteiger charge is -2.05. The zero-order valence-electron chi connectivity index (χ0n) is 11.1. The van der Waals surface area contributed by atoms with Crippen LogP contribution in [0.1, 0.15) is 22.3 Å². The normalized spacial score (nSPS) is 9.62. The van der Waals surface area contributed by atoms with Gasteiger partial charge in [0.15, 0.2) is 0 Å². The predicted molar refractivity (Wildman–Crippen MR) is 77.2 cm³/mol. The van der Waals surface area contributed by atoms with E-state index in [1.165, 1.54) is 18.3 Å². The van der Waals surface area contributed by atoms with E-state index in [1.54, 1.807) is 24.4 Å². The Bertz CT molecular complexity index is 690. The molecular weight excluding hydrogens is 271 g/mol. The Kier molecular flexibility index (Phi) is 5.02. The van der Waals surface area contributed by atoms with Crippen LogP contribution >= 0.6 is 0 Å². The number of amides is 1. The van der Waals surface area contributed by atoms with E-state index in [2.05, 4.69) is 22.1 Å². The molecule has 0 aliphatic carbocycles. The number of carbonyl (C=O) groups excluding carboxylic acids is 1. The minimum atomic E-state index is -0.524. The number of benzene rings is 1. The molecule has 0 aliphatic rings. The molecule has 0 saturated carbocycles. The van der Waals surface area contributed by atoms with Gasteiger partial charge in [0.05, 0.1) is 17.7 Å². The molecule has 0 saturated heterocycles. The van der Waals surface area contributed by atoms with Crippen molar-refractivity contribution in [3.05, 3.63) is 59.7 Å². The summed E-state index contributed by atoms with van der Waals surface area (Å²) in [5, 5.41) is 11.2. The molecule has 2 N–H and O–H groups in total. The SMILES string of the molecule is O=C(Nc1ccc(C#CCCO)c(F)c1)c1cccnc1. The van der Waals surface area contributed by atoms with E-state index >= 15 is 0 Å². The van der Waals surface area contributed by atoms with Crippen molar-refractivity contribution in [2.75, 3.05) is 11.9 Å². The molecule has 0 spiro atoms. The lowest BCUT2D eigenvalue weighted by atomic mass is 10.2. The first-order valence-corrected chi connectivity index (χ1v) is 6.31. The Morgan fingerprint density at radius 3 is 2.90 bits per heavy atom. The van der Waals surface area contributed by atoms with Crippen LogP contribution < -0.4 is 5.32 Å². The van der Waals surface area contributed by atoms with E-state index in [1.807, 2.05) is 0 Å². The van der Waals surface area contributed by atoms with Crippen LogP contribution in [-0.4, -0.2) is 22.6 Å². The minimum absolute atomic E-state index is 0.0616. The van der Waals surface area contributed by atoms with Crippen molar-refractivity contribution >= 4 is 11.6 Å². The molecule has 21 heavy (non-hydrogen) atoms. The third kappa shape index (κ3) is 4.13. The van der Waals surface area contributed by atoms with Crippen LogP contribution in [0.4, 0.5) is 10.1 Å². The molecule has 1 aromatic carbocycles. The number of hydrogen-bond donors (Lipinski definition) is 2. The summed E-state index contributed by atoms with van der Waals surface area (Å²) in [6, 6.07) is 7.53. The summed E-state index contributed by atoms with van der Waals surface area (Å²) in [4.78, 5) is 15.7. The average molecular weight is 284 g/mol. The van der Waals surface area contributed by atoms with Crippen LogP contribution in [0.2, 0.25) is 0 Å². The zero-order chi connectivity index (χ0) is 15.1. The van der Waals surface area contributed by atoms with Crippen LogP contribution in [0.25, 0.3) is 0 Å². The van der Waals surface area contributed by atoms with Gasteiger partial charge in [-0.25, -0.2) is 4.39 Å². The van der Waals surface area contributed by atoms with Crippen molar-refractivity contribution in [1.29, 1.82) is 0 Å². The second-order valence-corrected chi connectivity index (χ2v) is 4.17. The highest BCUT2D eigenvalue weighted by molar-refractivity contribution is 6.04. The summed E-state index contributed by atoms with van der Waals surface area (Å²) in [5.74, 6) is 4.38. The Morgan fingerprint density at radius 2 is 2.24 bits per heavy atom. The monoisotopic (exact) mass is 284 g/mol. The highest BCUT2D eigenvalue weighted by atomic mass is 19.1. The third-order valence-corrected chi connectivity index (χ3v) is 2.61. The topological polar surface area (TPSA) is 62.2 Å². The smallest absolute Gasteiger partial charge is 0.257 e. The van der Waals surface area contributed by atoms with Gasteiger partial charge >= 0.3 is 0 Å². The van der Waals surface area contributed by atoms with Crippen LogP contribution in [0.15, 0.2) is 42.7 Å². The van der Waals surface area contributed by atoms with E-state index in [4.69, 9.17) is 5.11 Å². The van der Waals surface area contributed by atoms with Gasteiger partial charge in [0.2, 0.25) is 0 Å². The molecule has 0 aliphatic heterocycles. The van der Waals surface area contributed by atoms with Crippen molar-refractivity contribution in [3.8, 4) is 11.8 Å². The number of aliphatic hydroxyl groups is 1. The molecule has 106 valence electrons. The fourth-order valence-corrected chi connectivity index (χ4v) is 1.61. The third-order valence-electron chi connectivity index (χ3n) is 2.61. The Hall–Kier alpha value is -2.71. The minimum Gasteiger partial charge on any atom is -0.395 e. The molecule has 0 atom stereocenters. The Labute approximate surface area is 121 Å². The number of nitrogens with one attached hydrogen (secondary N) is 1. The van der Waals surface area contributed by atoms with Crippen LogP contribution in [0.5, 0.6) is 0 Å². The van der Waals surface area contributed by atoms with Crippen LogP contribution in [-0.2, 0) is 0 Å². The largest absolute Gasteiger partial charge is 0.395 e. The summed E-state index contributed by atoms with van der Waals surface area (Å²) in [6.07, 6.45) is 3.29. The molecular formula is C16H13FN2O2. The molecule has 2 rings (SSSR count). The Morgan fingerprint density at radius 1 is 1.38 bits per heavy atom. The number of halogens is 1. The number of pyridine rings is 1. The van der Waals surface area contributed by atoms with Gasteiger partial charge in [0.1, 0.15) is 5.82 Å². The molecule has 1 heterocycles. The molecule has 0 fully saturated rings. The number of nitrogens with zero attached hydrogens (tertiary/aromatic N) is 1. The molecule has 5 heteroatoms. The van der Waals surface area contributed by atoms with Gasteiger partial charge in [-0.2, -0.15) is 0 Å². The number of hydrogen-bond acceptors (Lipinski definition) is 3. The maximum absolute atomic E-state index is 13.8. The second kappa shape index (κ2) is 7.17. The summed E-state index contributed by atoms with van der Waals surface area (Å²) in [6.45, 7) is -0.0616. The first-order valence-electron chi connectivity index (χ1n) is 6.31. The van der Waals surface area contributed by atoms with Crippen molar-refractivity contribution in [2.45, 2.75) is 6.42 Å².